The number of nitrogens with zero attached hydrogens (tertiary/aromatic N) is 1. The molecule has 4 nitrogen and oxygen atoms in total. The zero-order chi connectivity index (χ0) is 11.5. The van der Waals surface area contributed by atoms with Gasteiger partial charge in [-0.3, -0.25) is 4.79 Å². The van der Waals surface area contributed by atoms with Crippen molar-refractivity contribution in [2.24, 2.45) is 0 Å². The summed E-state index contributed by atoms with van der Waals surface area (Å²) in [6.45, 7) is 2.53. The van der Waals surface area contributed by atoms with Crippen molar-refractivity contribution in [3.05, 3.63) is 29.8 Å². The smallest absolute Gasteiger partial charge is 0.328 e. The van der Waals surface area contributed by atoms with Crippen molar-refractivity contribution in [1.29, 1.82) is 0 Å². The summed E-state index contributed by atoms with van der Waals surface area (Å²) < 4.78 is 0. The van der Waals surface area contributed by atoms with Gasteiger partial charge in [-0.25, -0.2) is 9.69 Å². The van der Waals surface area contributed by atoms with Crippen molar-refractivity contribution in [3.8, 4) is 0 Å². The molecule has 0 spiro atoms. The van der Waals surface area contributed by atoms with E-state index >= 15 is 0 Å². The largest absolute Gasteiger partial charge is 0.337 e. The average molecular weight is 218 g/mol. The Labute approximate surface area is 94.2 Å². The van der Waals surface area contributed by atoms with Crippen LogP contribution in [0.15, 0.2) is 24.3 Å². The first-order valence-electron chi connectivity index (χ1n) is 5.36. The second kappa shape index (κ2) is 4.35. The van der Waals surface area contributed by atoms with Crippen molar-refractivity contribution in [1.82, 2.24) is 5.32 Å². The van der Waals surface area contributed by atoms with Gasteiger partial charge in [-0.15, -0.1) is 0 Å². The van der Waals surface area contributed by atoms with E-state index in [9.17, 15) is 9.59 Å². The Morgan fingerprint density at radius 1 is 1.19 bits per heavy atom. The number of urea groups is 1. The minimum absolute atomic E-state index is 0.140. The quantitative estimate of drug-likeness (QED) is 0.781. The molecule has 0 aromatic heterocycles. The molecule has 1 aliphatic heterocycles. The van der Waals surface area contributed by atoms with E-state index in [0.717, 1.165) is 5.56 Å². The molecule has 0 radical (unpaired) electrons. The summed E-state index contributed by atoms with van der Waals surface area (Å²) in [7, 11) is 0. The van der Waals surface area contributed by atoms with Crippen molar-refractivity contribution >= 4 is 17.6 Å². The van der Waals surface area contributed by atoms with E-state index in [0.29, 0.717) is 25.1 Å². The Morgan fingerprint density at radius 2 is 1.88 bits per heavy atom. The number of rotatable bonds is 1. The number of aryl methyl sites for hydroxylation is 1. The summed E-state index contributed by atoms with van der Waals surface area (Å²) in [6.07, 6.45) is 1.11. The van der Waals surface area contributed by atoms with Gasteiger partial charge in [0.25, 0.3) is 0 Å². The van der Waals surface area contributed by atoms with E-state index in [4.69, 9.17) is 0 Å². The summed E-state index contributed by atoms with van der Waals surface area (Å²) >= 11 is 0. The van der Waals surface area contributed by atoms with Gasteiger partial charge in [-0.1, -0.05) is 17.7 Å². The molecule has 1 aliphatic rings. The van der Waals surface area contributed by atoms with Crippen LogP contribution in [0, 0.1) is 6.92 Å². The molecule has 1 heterocycles. The van der Waals surface area contributed by atoms with Crippen molar-refractivity contribution in [2.75, 3.05) is 11.4 Å². The second-order valence-electron chi connectivity index (χ2n) is 3.90. The van der Waals surface area contributed by atoms with Crippen LogP contribution in [0.5, 0.6) is 0 Å². The maximum Gasteiger partial charge on any atom is 0.328 e. The molecule has 2 rings (SSSR count). The average Bonchev–Trinajstić information content (AvgIpc) is 2.42. The van der Waals surface area contributed by atoms with Gasteiger partial charge < -0.3 is 5.32 Å². The lowest BCUT2D eigenvalue weighted by molar-refractivity contribution is -0.117. The van der Waals surface area contributed by atoms with E-state index < -0.39 is 0 Å². The minimum atomic E-state index is -0.327. The van der Waals surface area contributed by atoms with E-state index in [-0.39, 0.29) is 11.9 Å². The fraction of sp³-hybridized carbons (Fsp3) is 0.333. The molecule has 1 aromatic carbocycles. The third kappa shape index (κ3) is 2.05. The summed E-state index contributed by atoms with van der Waals surface area (Å²) in [6, 6.07) is 7.03. The van der Waals surface area contributed by atoms with Gasteiger partial charge in [-0.05, 0) is 25.5 Å². The van der Waals surface area contributed by atoms with Crippen LogP contribution in [0.4, 0.5) is 10.5 Å². The SMILES string of the molecule is Cc1ccc(N2C(=O)CCCNC2=O)cc1. The molecule has 0 aliphatic carbocycles. The molecule has 3 amide bonds. The number of hydrogen-bond acceptors (Lipinski definition) is 2. The molecule has 16 heavy (non-hydrogen) atoms. The lowest BCUT2D eigenvalue weighted by Gasteiger charge is -2.18. The highest BCUT2D eigenvalue weighted by Crippen LogP contribution is 2.18. The maximum atomic E-state index is 11.8. The number of hydrogen-bond donors (Lipinski definition) is 1. The highest BCUT2D eigenvalue weighted by Gasteiger charge is 2.25. The van der Waals surface area contributed by atoms with Crippen LogP contribution in [0.3, 0.4) is 0 Å². The standard InChI is InChI=1S/C12H14N2O2/c1-9-4-6-10(7-5-9)14-11(15)3-2-8-13-12(14)16/h4-7H,2-3,8H2,1H3,(H,13,16). The molecule has 1 N–H and O–H groups in total. The normalized spacial score (nSPS) is 16.9. The van der Waals surface area contributed by atoms with Crippen LogP contribution >= 0.6 is 0 Å². The molecule has 1 saturated heterocycles. The third-order valence-corrected chi connectivity index (χ3v) is 2.59. The fourth-order valence-electron chi connectivity index (χ4n) is 1.69. The van der Waals surface area contributed by atoms with E-state index in [1.165, 1.54) is 4.90 Å². The van der Waals surface area contributed by atoms with Crippen molar-refractivity contribution in [2.45, 2.75) is 19.8 Å². The van der Waals surface area contributed by atoms with Crippen LogP contribution in [0.1, 0.15) is 18.4 Å². The Balaban J connectivity index is 2.32. The number of anilines is 1. The number of carbonyl (C=O) groups is 2. The van der Waals surface area contributed by atoms with Gasteiger partial charge in [0.05, 0.1) is 5.69 Å². The predicted octanol–water partition coefficient (Wildman–Crippen LogP) is 1.83. The lowest BCUT2D eigenvalue weighted by Crippen LogP contribution is -2.41. The van der Waals surface area contributed by atoms with Crippen LogP contribution in [0.2, 0.25) is 0 Å². The molecule has 0 saturated carbocycles. The van der Waals surface area contributed by atoms with E-state index in [1.54, 1.807) is 12.1 Å². The number of imide groups is 1. The molecule has 0 atom stereocenters. The van der Waals surface area contributed by atoms with E-state index in [1.807, 2.05) is 19.1 Å². The molecule has 0 bridgehead atoms. The monoisotopic (exact) mass is 218 g/mol. The molecule has 0 unspecified atom stereocenters. The summed E-state index contributed by atoms with van der Waals surface area (Å²) in [5, 5.41) is 2.70. The van der Waals surface area contributed by atoms with Crippen LogP contribution in [0.25, 0.3) is 0 Å². The van der Waals surface area contributed by atoms with Gasteiger partial charge >= 0.3 is 6.03 Å². The van der Waals surface area contributed by atoms with E-state index in [2.05, 4.69) is 5.32 Å². The fourth-order valence-corrected chi connectivity index (χ4v) is 1.69. The first-order valence-corrected chi connectivity index (χ1v) is 5.36. The van der Waals surface area contributed by atoms with Gasteiger partial charge in [0.15, 0.2) is 0 Å². The first kappa shape index (κ1) is 10.7. The van der Waals surface area contributed by atoms with Crippen molar-refractivity contribution in [3.63, 3.8) is 0 Å². The zero-order valence-electron chi connectivity index (χ0n) is 9.19. The predicted molar refractivity (Wildman–Crippen MR) is 61.3 cm³/mol. The van der Waals surface area contributed by atoms with Gasteiger partial charge in [0, 0.05) is 13.0 Å². The zero-order valence-corrected chi connectivity index (χ0v) is 9.19. The molecule has 84 valence electrons. The molecule has 4 heteroatoms. The van der Waals surface area contributed by atoms with Crippen LogP contribution in [-0.2, 0) is 4.79 Å². The Kier molecular flexibility index (Phi) is 2.90. The van der Waals surface area contributed by atoms with Crippen molar-refractivity contribution < 1.29 is 9.59 Å². The number of carbonyl (C=O) groups excluding carboxylic acids is 2. The van der Waals surface area contributed by atoms with Gasteiger partial charge in [0.1, 0.15) is 0 Å². The summed E-state index contributed by atoms with van der Waals surface area (Å²) in [4.78, 5) is 24.7. The third-order valence-electron chi connectivity index (χ3n) is 2.59. The molecular formula is C12H14N2O2. The van der Waals surface area contributed by atoms with Gasteiger partial charge in [-0.2, -0.15) is 0 Å². The number of amides is 3. The highest BCUT2D eigenvalue weighted by atomic mass is 16.2. The number of nitrogens with one attached hydrogen (secondary N) is 1. The Hall–Kier alpha value is -1.84. The highest BCUT2D eigenvalue weighted by molar-refractivity contribution is 6.14. The first-order chi connectivity index (χ1) is 7.68. The Bertz CT molecular complexity index is 394. The van der Waals surface area contributed by atoms with Crippen LogP contribution in [-0.4, -0.2) is 18.5 Å². The molecular weight excluding hydrogens is 204 g/mol. The lowest BCUT2D eigenvalue weighted by atomic mass is 10.2. The topological polar surface area (TPSA) is 49.4 Å². The molecule has 1 fully saturated rings. The maximum absolute atomic E-state index is 11.8. The Morgan fingerprint density at radius 3 is 2.56 bits per heavy atom. The summed E-state index contributed by atoms with van der Waals surface area (Å²) in [5.74, 6) is -0.140. The van der Waals surface area contributed by atoms with Gasteiger partial charge in [0.2, 0.25) is 5.91 Å². The number of benzene rings is 1. The second-order valence-corrected chi connectivity index (χ2v) is 3.90. The van der Waals surface area contributed by atoms with Crippen LogP contribution < -0.4 is 10.2 Å². The molecule has 1 aromatic rings. The minimum Gasteiger partial charge on any atom is -0.337 e. The summed E-state index contributed by atoms with van der Waals surface area (Å²) in [5.41, 5.74) is 1.74.